The number of rotatable bonds is 4. The first kappa shape index (κ1) is 19.3. The Hall–Kier alpha value is -3.03. The molecular formula is C22H19FN2O3S. The zero-order chi connectivity index (χ0) is 20.6. The van der Waals surface area contributed by atoms with Crippen molar-refractivity contribution in [1.29, 1.82) is 0 Å². The Kier molecular flexibility index (Phi) is 4.72. The summed E-state index contributed by atoms with van der Waals surface area (Å²) in [6.07, 6.45) is 0.270. The molecule has 0 aliphatic heterocycles. The summed E-state index contributed by atoms with van der Waals surface area (Å²) >= 11 is 0. The van der Waals surface area contributed by atoms with E-state index in [-0.39, 0.29) is 16.9 Å². The molecule has 1 amide bonds. The minimum Gasteiger partial charge on any atom is -0.346 e. The van der Waals surface area contributed by atoms with Gasteiger partial charge in [-0.15, -0.1) is 0 Å². The van der Waals surface area contributed by atoms with Gasteiger partial charge in [0.25, 0.3) is 5.91 Å². The molecule has 0 heterocycles. The summed E-state index contributed by atoms with van der Waals surface area (Å²) in [6, 6.07) is 19.1. The third-order valence-corrected chi connectivity index (χ3v) is 7.58. The summed E-state index contributed by atoms with van der Waals surface area (Å²) in [6.45, 7) is 0. The lowest BCUT2D eigenvalue weighted by Crippen LogP contribution is -2.58. The van der Waals surface area contributed by atoms with E-state index in [4.69, 9.17) is 5.73 Å². The number of benzene rings is 3. The summed E-state index contributed by atoms with van der Waals surface area (Å²) in [5, 5.41) is 2.76. The zero-order valence-electron chi connectivity index (χ0n) is 15.4. The van der Waals surface area contributed by atoms with E-state index in [1.165, 1.54) is 36.4 Å². The molecular weight excluding hydrogens is 391 g/mol. The summed E-state index contributed by atoms with van der Waals surface area (Å²) in [5.41, 5.74) is 8.07. The fourth-order valence-corrected chi connectivity index (χ4v) is 5.68. The number of hydrogen-bond donors (Lipinski definition) is 2. The van der Waals surface area contributed by atoms with Crippen LogP contribution in [0, 0.1) is 5.82 Å². The highest BCUT2D eigenvalue weighted by Crippen LogP contribution is 2.42. The Morgan fingerprint density at radius 2 is 1.59 bits per heavy atom. The normalized spacial score (nSPS) is 20.8. The second-order valence-electron chi connectivity index (χ2n) is 7.00. The number of sulfone groups is 1. The lowest BCUT2D eigenvalue weighted by molar-refractivity contribution is 0.0929. The summed E-state index contributed by atoms with van der Waals surface area (Å²) in [5.74, 6) is -0.976. The summed E-state index contributed by atoms with van der Waals surface area (Å²) < 4.78 is 40.3. The quantitative estimate of drug-likeness (QED) is 0.692. The van der Waals surface area contributed by atoms with Gasteiger partial charge < -0.3 is 11.1 Å². The molecule has 0 aromatic heterocycles. The van der Waals surface area contributed by atoms with E-state index in [2.05, 4.69) is 5.32 Å². The molecule has 0 saturated carbocycles. The topological polar surface area (TPSA) is 89.3 Å². The highest BCUT2D eigenvalue weighted by atomic mass is 32.2. The van der Waals surface area contributed by atoms with Crippen LogP contribution in [0.15, 0.2) is 83.8 Å². The van der Waals surface area contributed by atoms with Gasteiger partial charge in [-0.25, -0.2) is 12.8 Å². The van der Waals surface area contributed by atoms with E-state index in [0.717, 1.165) is 5.56 Å². The zero-order valence-corrected chi connectivity index (χ0v) is 16.2. The molecule has 0 fully saturated rings. The van der Waals surface area contributed by atoms with Gasteiger partial charge in [0.1, 0.15) is 5.82 Å². The maximum atomic E-state index is 13.6. The standard InChI is InChI=1S/C22H19FN2O3S/c23-17-12-10-15(11-13-17)21(26)25-20-14-16-6-4-5-9-19(16)22(20,24)29(27,28)18-7-2-1-3-8-18/h1-13,20H,14,24H2,(H,25,26). The molecule has 3 aromatic rings. The van der Waals surface area contributed by atoms with Crippen LogP contribution < -0.4 is 11.1 Å². The Labute approximate surface area is 168 Å². The molecule has 1 aliphatic carbocycles. The summed E-state index contributed by atoms with van der Waals surface area (Å²) in [7, 11) is -4.03. The van der Waals surface area contributed by atoms with Gasteiger partial charge in [0.05, 0.1) is 10.9 Å². The van der Waals surface area contributed by atoms with Crippen LogP contribution in [-0.4, -0.2) is 20.4 Å². The smallest absolute Gasteiger partial charge is 0.251 e. The number of hydrogen-bond acceptors (Lipinski definition) is 4. The van der Waals surface area contributed by atoms with E-state index < -0.39 is 32.5 Å². The average Bonchev–Trinajstić information content (AvgIpc) is 3.02. The van der Waals surface area contributed by atoms with Crippen molar-refractivity contribution in [2.75, 3.05) is 0 Å². The number of fused-ring (bicyclic) bond motifs is 1. The lowest BCUT2D eigenvalue weighted by Gasteiger charge is -2.32. The maximum Gasteiger partial charge on any atom is 0.251 e. The van der Waals surface area contributed by atoms with Crippen LogP contribution in [0.25, 0.3) is 0 Å². The third kappa shape index (κ3) is 3.12. The molecule has 2 unspecified atom stereocenters. The van der Waals surface area contributed by atoms with E-state index in [9.17, 15) is 17.6 Å². The minimum atomic E-state index is -4.03. The molecule has 3 N–H and O–H groups in total. The van der Waals surface area contributed by atoms with Crippen molar-refractivity contribution in [3.05, 3.63) is 101 Å². The van der Waals surface area contributed by atoms with Crippen molar-refractivity contribution >= 4 is 15.7 Å². The molecule has 5 nitrogen and oxygen atoms in total. The Bertz CT molecular complexity index is 1160. The highest BCUT2D eigenvalue weighted by Gasteiger charge is 2.54. The van der Waals surface area contributed by atoms with Crippen molar-refractivity contribution in [2.45, 2.75) is 22.2 Å². The molecule has 0 bridgehead atoms. The van der Waals surface area contributed by atoms with Crippen molar-refractivity contribution < 1.29 is 17.6 Å². The second-order valence-corrected chi connectivity index (χ2v) is 9.16. The summed E-state index contributed by atoms with van der Waals surface area (Å²) in [4.78, 5) is 11.0. The molecule has 148 valence electrons. The first-order chi connectivity index (χ1) is 13.8. The SMILES string of the molecule is NC1(S(=O)(=O)c2ccccc2)c2ccccc2CC1NC(=O)c1ccc(F)cc1. The van der Waals surface area contributed by atoms with E-state index in [0.29, 0.717) is 5.56 Å². The molecule has 1 aliphatic rings. The maximum absolute atomic E-state index is 13.6. The molecule has 0 spiro atoms. The molecule has 3 aromatic carbocycles. The first-order valence-corrected chi connectivity index (χ1v) is 10.6. The number of amides is 1. The lowest BCUT2D eigenvalue weighted by atomic mass is 10.1. The van der Waals surface area contributed by atoms with Gasteiger partial charge in [0.15, 0.2) is 4.87 Å². The molecule has 7 heteroatoms. The molecule has 4 rings (SSSR count). The van der Waals surface area contributed by atoms with Crippen molar-refractivity contribution in [3.63, 3.8) is 0 Å². The van der Waals surface area contributed by atoms with E-state index in [1.807, 2.05) is 6.07 Å². The second kappa shape index (κ2) is 7.09. The van der Waals surface area contributed by atoms with Crippen molar-refractivity contribution in [2.24, 2.45) is 5.73 Å². The van der Waals surface area contributed by atoms with Gasteiger partial charge in [-0.05, 0) is 53.9 Å². The van der Waals surface area contributed by atoms with Crippen LogP contribution in [0.1, 0.15) is 21.5 Å². The Morgan fingerprint density at radius 3 is 2.28 bits per heavy atom. The number of carbonyl (C=O) groups is 1. The molecule has 29 heavy (non-hydrogen) atoms. The van der Waals surface area contributed by atoms with Crippen LogP contribution in [0.4, 0.5) is 4.39 Å². The van der Waals surface area contributed by atoms with E-state index >= 15 is 0 Å². The predicted molar refractivity (Wildman–Crippen MR) is 107 cm³/mol. The van der Waals surface area contributed by atoms with Crippen LogP contribution in [0.3, 0.4) is 0 Å². The number of carbonyl (C=O) groups excluding carboxylic acids is 1. The van der Waals surface area contributed by atoms with Crippen LogP contribution in [-0.2, 0) is 21.1 Å². The van der Waals surface area contributed by atoms with Crippen LogP contribution in [0.5, 0.6) is 0 Å². The monoisotopic (exact) mass is 410 g/mol. The molecule has 0 saturated heterocycles. The minimum absolute atomic E-state index is 0.0836. The average molecular weight is 410 g/mol. The Morgan fingerprint density at radius 1 is 0.966 bits per heavy atom. The number of nitrogens with two attached hydrogens (primary N) is 1. The van der Waals surface area contributed by atoms with E-state index in [1.54, 1.807) is 36.4 Å². The van der Waals surface area contributed by atoms with Gasteiger partial charge in [-0.2, -0.15) is 0 Å². The highest BCUT2D eigenvalue weighted by molar-refractivity contribution is 7.92. The fourth-order valence-electron chi connectivity index (χ4n) is 3.77. The number of nitrogens with one attached hydrogen (secondary N) is 1. The van der Waals surface area contributed by atoms with Gasteiger partial charge in [0, 0.05) is 5.56 Å². The van der Waals surface area contributed by atoms with Gasteiger partial charge >= 0.3 is 0 Å². The number of halogens is 1. The van der Waals surface area contributed by atoms with Crippen molar-refractivity contribution in [1.82, 2.24) is 5.32 Å². The van der Waals surface area contributed by atoms with Gasteiger partial charge in [-0.3, -0.25) is 4.79 Å². The Balaban J connectivity index is 1.77. The molecule has 2 atom stereocenters. The predicted octanol–water partition coefficient (Wildman–Crippen LogP) is 2.77. The van der Waals surface area contributed by atoms with Crippen LogP contribution in [0.2, 0.25) is 0 Å². The van der Waals surface area contributed by atoms with Crippen LogP contribution >= 0.6 is 0 Å². The largest absolute Gasteiger partial charge is 0.346 e. The van der Waals surface area contributed by atoms with Crippen molar-refractivity contribution in [3.8, 4) is 0 Å². The van der Waals surface area contributed by atoms with Gasteiger partial charge in [-0.1, -0.05) is 42.5 Å². The molecule has 0 radical (unpaired) electrons. The van der Waals surface area contributed by atoms with Gasteiger partial charge in [0.2, 0.25) is 9.84 Å². The third-order valence-electron chi connectivity index (χ3n) is 5.29. The first-order valence-electron chi connectivity index (χ1n) is 9.07. The fraction of sp³-hybridized carbons (Fsp3) is 0.136.